The molecule has 142 valence electrons. The number of pyridine rings is 1. The summed E-state index contributed by atoms with van der Waals surface area (Å²) in [6.45, 7) is 15.6. The van der Waals surface area contributed by atoms with E-state index in [9.17, 15) is 0 Å². The molecule has 0 amide bonds. The van der Waals surface area contributed by atoms with Crippen LogP contribution in [0.25, 0.3) is 22.0 Å². The molecule has 3 aromatic rings. The zero-order valence-electron chi connectivity index (χ0n) is 19.1. The van der Waals surface area contributed by atoms with Gasteiger partial charge in [-0.2, -0.15) is 4.57 Å². The molecule has 1 aromatic heterocycles. The smallest absolute Gasteiger partial charge is 0.198 e. The van der Waals surface area contributed by atoms with Crippen molar-refractivity contribution < 1.29 is 5.94 Å². The minimum Gasteiger partial charge on any atom is -0.198 e. The lowest BCUT2D eigenvalue weighted by atomic mass is 9.79. The van der Waals surface area contributed by atoms with E-state index in [1.807, 2.05) is 0 Å². The SMILES string of the molecule is [2H]c1c(C)[n+](C)c(-c2cc(C)ccc2C)c2ccc(C(C(C)C)C(C)C)cc12. The molecule has 0 fully saturated rings. The molecule has 0 atom stereocenters. The molecule has 0 bridgehead atoms. The Morgan fingerprint density at radius 1 is 0.889 bits per heavy atom. The average molecular weight is 362 g/mol. The van der Waals surface area contributed by atoms with Crippen molar-refractivity contribution >= 4 is 10.8 Å². The maximum absolute atomic E-state index is 8.82. The highest BCUT2D eigenvalue weighted by Crippen LogP contribution is 2.36. The van der Waals surface area contributed by atoms with E-state index in [2.05, 4.69) is 96.5 Å². The Kier molecular flexibility index (Phi) is 5.04. The van der Waals surface area contributed by atoms with Gasteiger partial charge in [-0.3, -0.25) is 0 Å². The van der Waals surface area contributed by atoms with Gasteiger partial charge in [0.2, 0.25) is 5.69 Å². The van der Waals surface area contributed by atoms with Gasteiger partial charge in [0.15, 0.2) is 5.69 Å². The highest BCUT2D eigenvalue weighted by atomic mass is 14.9. The van der Waals surface area contributed by atoms with E-state index in [4.69, 9.17) is 1.37 Å². The number of aromatic nitrogens is 1. The second kappa shape index (κ2) is 7.46. The van der Waals surface area contributed by atoms with Crippen molar-refractivity contribution in [3.05, 3.63) is 64.8 Å². The van der Waals surface area contributed by atoms with Crippen LogP contribution in [0, 0.1) is 32.6 Å². The molecule has 0 saturated heterocycles. The summed E-state index contributed by atoms with van der Waals surface area (Å²) in [6.07, 6.45) is 0. The van der Waals surface area contributed by atoms with Gasteiger partial charge >= 0.3 is 0 Å². The third kappa shape index (κ3) is 3.65. The van der Waals surface area contributed by atoms with Crippen LogP contribution in [0.1, 0.15) is 57.4 Å². The van der Waals surface area contributed by atoms with Crippen molar-refractivity contribution in [2.24, 2.45) is 18.9 Å². The molecular weight excluding hydrogens is 326 g/mol. The lowest BCUT2D eigenvalue weighted by molar-refractivity contribution is -0.665. The number of hydrogen-bond acceptors (Lipinski definition) is 0. The van der Waals surface area contributed by atoms with Gasteiger partial charge < -0.3 is 0 Å². The first-order valence-electron chi connectivity index (χ1n) is 10.6. The van der Waals surface area contributed by atoms with Gasteiger partial charge in [-0.1, -0.05) is 57.5 Å². The van der Waals surface area contributed by atoms with Crippen molar-refractivity contribution in [1.29, 1.82) is 0 Å². The van der Waals surface area contributed by atoms with E-state index < -0.39 is 0 Å². The fourth-order valence-corrected chi connectivity index (χ4v) is 4.56. The Morgan fingerprint density at radius 3 is 2.19 bits per heavy atom. The average Bonchev–Trinajstić information content (AvgIpc) is 2.62. The molecule has 0 unspecified atom stereocenters. The lowest BCUT2D eigenvalue weighted by Gasteiger charge is -2.25. The standard InChI is InChI=1S/C26H34N/c1-16(2)25(17(3)4)21-11-12-23-22(15-21)14-20(7)27(8)26(23)24-13-18(5)9-10-19(24)6/h9-17,25H,1-8H3/q+1/i14D. The zero-order chi connectivity index (χ0) is 20.7. The number of nitrogens with zero attached hydrogens (tertiary/aromatic N) is 1. The van der Waals surface area contributed by atoms with Crippen molar-refractivity contribution in [2.75, 3.05) is 0 Å². The molecule has 2 aromatic carbocycles. The molecule has 0 aliphatic carbocycles. The number of hydrogen-bond donors (Lipinski definition) is 0. The fraction of sp³-hybridized carbons (Fsp3) is 0.423. The first kappa shape index (κ1) is 18.2. The van der Waals surface area contributed by atoms with Gasteiger partial charge in [0.1, 0.15) is 7.05 Å². The van der Waals surface area contributed by atoms with Crippen LogP contribution in [0.5, 0.6) is 0 Å². The highest BCUT2D eigenvalue weighted by Gasteiger charge is 2.23. The van der Waals surface area contributed by atoms with Gasteiger partial charge in [-0.25, -0.2) is 0 Å². The molecule has 0 saturated carbocycles. The third-order valence-corrected chi connectivity index (χ3v) is 5.92. The predicted octanol–water partition coefficient (Wildman–Crippen LogP) is 6.65. The van der Waals surface area contributed by atoms with Crippen molar-refractivity contribution in [2.45, 2.75) is 54.4 Å². The van der Waals surface area contributed by atoms with E-state index in [1.54, 1.807) is 0 Å². The molecule has 27 heavy (non-hydrogen) atoms. The third-order valence-electron chi connectivity index (χ3n) is 5.92. The van der Waals surface area contributed by atoms with Gasteiger partial charge in [0.25, 0.3) is 0 Å². The summed E-state index contributed by atoms with van der Waals surface area (Å²) in [5.41, 5.74) is 7.36. The Labute approximate surface area is 166 Å². The van der Waals surface area contributed by atoms with Crippen LogP contribution in [0.4, 0.5) is 0 Å². The Bertz CT molecular complexity index is 1020. The molecule has 3 rings (SSSR count). The van der Waals surface area contributed by atoms with Gasteiger partial charge in [-0.05, 0) is 60.2 Å². The van der Waals surface area contributed by atoms with Gasteiger partial charge in [0.05, 0.1) is 6.76 Å². The number of rotatable bonds is 4. The first-order valence-corrected chi connectivity index (χ1v) is 10.1. The van der Waals surface area contributed by atoms with Crippen molar-refractivity contribution in [3.8, 4) is 11.3 Å². The highest BCUT2D eigenvalue weighted by molar-refractivity contribution is 5.94. The van der Waals surface area contributed by atoms with Crippen molar-refractivity contribution in [1.82, 2.24) is 0 Å². The van der Waals surface area contributed by atoms with E-state index in [0.717, 1.165) is 11.1 Å². The molecule has 0 aliphatic rings. The second-order valence-electron chi connectivity index (χ2n) is 8.76. The maximum atomic E-state index is 8.82. The monoisotopic (exact) mass is 361 g/mol. The van der Waals surface area contributed by atoms with E-state index in [0.29, 0.717) is 23.8 Å². The molecule has 0 radical (unpaired) electrons. The summed E-state index contributed by atoms with van der Waals surface area (Å²) in [4.78, 5) is 0. The summed E-state index contributed by atoms with van der Waals surface area (Å²) in [7, 11) is 2.09. The molecular formula is C26H34N+. The number of aryl methyl sites for hydroxylation is 2. The minimum absolute atomic E-state index is 0.502. The molecule has 1 nitrogen and oxygen atoms in total. The number of fused-ring (bicyclic) bond motifs is 1. The minimum atomic E-state index is 0.502. The van der Waals surface area contributed by atoms with E-state index in [1.165, 1.54) is 33.3 Å². The first-order chi connectivity index (χ1) is 13.1. The van der Waals surface area contributed by atoms with Gasteiger partial charge in [-0.15, -0.1) is 0 Å². The topological polar surface area (TPSA) is 3.88 Å². The molecule has 1 heteroatoms. The van der Waals surface area contributed by atoms with Crippen LogP contribution in [-0.2, 0) is 7.05 Å². The van der Waals surface area contributed by atoms with E-state index in [-0.39, 0.29) is 0 Å². The summed E-state index contributed by atoms with van der Waals surface area (Å²) in [6, 6.07) is 14.1. The zero-order valence-corrected chi connectivity index (χ0v) is 18.1. The Hall–Kier alpha value is -2.15. The van der Waals surface area contributed by atoms with Crippen LogP contribution in [0.3, 0.4) is 0 Å². The predicted molar refractivity (Wildman–Crippen MR) is 117 cm³/mol. The van der Waals surface area contributed by atoms with Crippen LogP contribution in [-0.4, -0.2) is 0 Å². The summed E-state index contributed by atoms with van der Waals surface area (Å²) in [5, 5.41) is 2.23. The quantitative estimate of drug-likeness (QED) is 0.458. The Balaban J connectivity index is 2.37. The van der Waals surface area contributed by atoms with E-state index >= 15 is 0 Å². The summed E-state index contributed by atoms with van der Waals surface area (Å²) < 4.78 is 11.0. The summed E-state index contributed by atoms with van der Waals surface area (Å²) in [5.74, 6) is 1.65. The van der Waals surface area contributed by atoms with Crippen LogP contribution >= 0.6 is 0 Å². The second-order valence-corrected chi connectivity index (χ2v) is 8.76. The maximum Gasteiger partial charge on any atom is 0.220 e. The van der Waals surface area contributed by atoms with Crippen LogP contribution in [0.15, 0.2) is 42.4 Å². The Morgan fingerprint density at radius 2 is 1.56 bits per heavy atom. The van der Waals surface area contributed by atoms with Crippen LogP contribution < -0.4 is 4.57 Å². The van der Waals surface area contributed by atoms with Gasteiger partial charge in [0, 0.05) is 18.5 Å². The summed E-state index contributed by atoms with van der Waals surface area (Å²) >= 11 is 0. The normalized spacial score (nSPS) is 12.5. The number of benzene rings is 2. The fourth-order valence-electron chi connectivity index (χ4n) is 4.56. The lowest BCUT2D eigenvalue weighted by Crippen LogP contribution is -2.35. The molecule has 1 heterocycles. The van der Waals surface area contributed by atoms with Crippen molar-refractivity contribution in [3.63, 3.8) is 0 Å². The molecule has 0 N–H and O–H groups in total. The largest absolute Gasteiger partial charge is 0.220 e. The molecule has 0 spiro atoms. The van der Waals surface area contributed by atoms with Crippen LogP contribution in [0.2, 0.25) is 0 Å². The molecule has 0 aliphatic heterocycles.